The Morgan fingerprint density at radius 1 is 1.36 bits per heavy atom. The smallest absolute Gasteiger partial charge is 0.253 e. The van der Waals surface area contributed by atoms with Gasteiger partial charge in [-0.05, 0) is 24.6 Å². The molecule has 1 unspecified atom stereocenters. The molecule has 124 valence electrons. The van der Waals surface area contributed by atoms with E-state index in [1.165, 1.54) is 17.0 Å². The van der Waals surface area contributed by atoms with Crippen molar-refractivity contribution in [2.24, 2.45) is 5.73 Å². The van der Waals surface area contributed by atoms with Crippen LogP contribution in [0.5, 0.6) is 0 Å². The molecule has 1 amide bonds. The van der Waals surface area contributed by atoms with Crippen molar-refractivity contribution < 1.29 is 13.2 Å². The van der Waals surface area contributed by atoms with Crippen LogP contribution in [-0.2, 0) is 10.0 Å². The second kappa shape index (κ2) is 8.26. The Kier molecular flexibility index (Phi) is 6.99. The lowest BCUT2D eigenvalue weighted by Gasteiger charge is -2.17. The fraction of sp³-hybridized carbons (Fsp3) is 0.533. The molecular formula is C15H25N3O3S. The molecule has 0 aromatic heterocycles. The molecule has 0 radical (unpaired) electrons. The number of carbonyl (C=O) groups is 1. The summed E-state index contributed by atoms with van der Waals surface area (Å²) in [5.41, 5.74) is 5.97. The van der Waals surface area contributed by atoms with Crippen LogP contribution < -0.4 is 10.5 Å². The number of amides is 1. The van der Waals surface area contributed by atoms with Gasteiger partial charge in [0.1, 0.15) is 0 Å². The van der Waals surface area contributed by atoms with Crippen molar-refractivity contribution in [2.75, 3.05) is 20.6 Å². The van der Waals surface area contributed by atoms with Gasteiger partial charge in [-0.25, -0.2) is 13.1 Å². The number of carbonyl (C=O) groups excluding carboxylic acids is 1. The van der Waals surface area contributed by atoms with E-state index in [4.69, 9.17) is 5.73 Å². The van der Waals surface area contributed by atoms with Gasteiger partial charge in [0.2, 0.25) is 10.0 Å². The molecule has 0 spiro atoms. The quantitative estimate of drug-likeness (QED) is 0.750. The number of rotatable bonds is 8. The maximum absolute atomic E-state index is 12.4. The third-order valence-electron chi connectivity index (χ3n) is 3.31. The molecule has 0 fully saturated rings. The Hall–Kier alpha value is -1.44. The number of benzene rings is 1. The number of nitrogens with zero attached hydrogens (tertiary/aromatic N) is 1. The molecule has 0 aliphatic carbocycles. The predicted molar refractivity (Wildman–Crippen MR) is 87.1 cm³/mol. The normalized spacial score (nSPS) is 12.9. The summed E-state index contributed by atoms with van der Waals surface area (Å²) in [5.74, 6) is -0.238. The minimum atomic E-state index is -3.68. The zero-order valence-corrected chi connectivity index (χ0v) is 14.2. The van der Waals surface area contributed by atoms with Crippen LogP contribution in [0.1, 0.15) is 36.5 Å². The van der Waals surface area contributed by atoms with Gasteiger partial charge < -0.3 is 10.6 Å². The molecule has 6 nitrogen and oxygen atoms in total. The van der Waals surface area contributed by atoms with E-state index in [2.05, 4.69) is 4.72 Å². The first-order valence-corrected chi connectivity index (χ1v) is 8.84. The van der Waals surface area contributed by atoms with E-state index in [0.29, 0.717) is 12.0 Å². The Labute approximate surface area is 132 Å². The SMILES string of the molecule is CCCCC(CN)NS(=O)(=O)c1cccc(C(=O)N(C)C)c1. The van der Waals surface area contributed by atoms with Crippen molar-refractivity contribution >= 4 is 15.9 Å². The van der Waals surface area contributed by atoms with Crippen molar-refractivity contribution in [3.8, 4) is 0 Å². The molecule has 1 atom stereocenters. The third-order valence-corrected chi connectivity index (χ3v) is 4.83. The van der Waals surface area contributed by atoms with E-state index < -0.39 is 10.0 Å². The fourth-order valence-corrected chi connectivity index (χ4v) is 3.35. The highest BCUT2D eigenvalue weighted by Crippen LogP contribution is 2.14. The second-order valence-electron chi connectivity index (χ2n) is 5.42. The van der Waals surface area contributed by atoms with Crippen LogP contribution in [0.4, 0.5) is 0 Å². The van der Waals surface area contributed by atoms with Crippen LogP contribution in [0.15, 0.2) is 29.2 Å². The maximum Gasteiger partial charge on any atom is 0.253 e. The predicted octanol–water partition coefficient (Wildman–Crippen LogP) is 1.18. The van der Waals surface area contributed by atoms with E-state index >= 15 is 0 Å². The Morgan fingerprint density at radius 2 is 2.05 bits per heavy atom. The molecule has 1 rings (SSSR count). The molecule has 0 saturated heterocycles. The van der Waals surface area contributed by atoms with Crippen LogP contribution in [0.3, 0.4) is 0 Å². The first-order valence-electron chi connectivity index (χ1n) is 7.36. The topological polar surface area (TPSA) is 92.5 Å². The summed E-state index contributed by atoms with van der Waals surface area (Å²) in [4.78, 5) is 13.4. The Morgan fingerprint density at radius 3 is 2.59 bits per heavy atom. The summed E-state index contributed by atoms with van der Waals surface area (Å²) >= 11 is 0. The highest BCUT2D eigenvalue weighted by atomic mass is 32.2. The monoisotopic (exact) mass is 327 g/mol. The number of unbranched alkanes of at least 4 members (excludes halogenated alkanes) is 1. The minimum Gasteiger partial charge on any atom is -0.345 e. The molecule has 3 N–H and O–H groups in total. The van der Waals surface area contributed by atoms with Crippen LogP contribution in [-0.4, -0.2) is 45.9 Å². The van der Waals surface area contributed by atoms with E-state index in [0.717, 1.165) is 12.8 Å². The van der Waals surface area contributed by atoms with Gasteiger partial charge in [-0.2, -0.15) is 0 Å². The highest BCUT2D eigenvalue weighted by Gasteiger charge is 2.20. The van der Waals surface area contributed by atoms with Crippen molar-refractivity contribution in [2.45, 2.75) is 37.1 Å². The summed E-state index contributed by atoms with van der Waals surface area (Å²) in [7, 11) is -0.441. The Balaban J connectivity index is 2.97. The Bertz CT molecular complexity index is 600. The van der Waals surface area contributed by atoms with Gasteiger partial charge in [0.15, 0.2) is 0 Å². The highest BCUT2D eigenvalue weighted by molar-refractivity contribution is 7.89. The van der Waals surface area contributed by atoms with Gasteiger partial charge in [-0.1, -0.05) is 25.8 Å². The van der Waals surface area contributed by atoms with Crippen molar-refractivity contribution in [3.63, 3.8) is 0 Å². The molecular weight excluding hydrogens is 302 g/mol. The van der Waals surface area contributed by atoms with Crippen LogP contribution in [0.25, 0.3) is 0 Å². The van der Waals surface area contributed by atoms with Gasteiger partial charge in [0.05, 0.1) is 4.90 Å². The molecule has 1 aromatic carbocycles. The number of nitrogens with one attached hydrogen (secondary N) is 1. The first-order chi connectivity index (χ1) is 10.3. The third kappa shape index (κ3) is 5.08. The lowest BCUT2D eigenvalue weighted by molar-refractivity contribution is 0.0827. The summed E-state index contributed by atoms with van der Waals surface area (Å²) in [5, 5.41) is 0. The minimum absolute atomic E-state index is 0.0788. The zero-order valence-electron chi connectivity index (χ0n) is 13.4. The number of hydrogen-bond acceptors (Lipinski definition) is 4. The number of hydrogen-bond donors (Lipinski definition) is 2. The molecule has 1 aromatic rings. The van der Waals surface area contributed by atoms with E-state index in [1.807, 2.05) is 6.92 Å². The zero-order chi connectivity index (χ0) is 16.8. The van der Waals surface area contributed by atoms with Gasteiger partial charge in [0.25, 0.3) is 5.91 Å². The van der Waals surface area contributed by atoms with E-state index in [-0.39, 0.29) is 23.4 Å². The molecule has 7 heteroatoms. The average molecular weight is 327 g/mol. The second-order valence-corrected chi connectivity index (χ2v) is 7.14. The molecule has 0 aliphatic heterocycles. The summed E-state index contributed by atoms with van der Waals surface area (Å²) in [6.45, 7) is 2.29. The standard InChI is InChI=1S/C15H25N3O3S/c1-4-5-8-13(11-16)17-22(20,21)14-9-6-7-12(10-14)15(19)18(2)3/h6-7,9-10,13,17H,4-5,8,11,16H2,1-3H3. The number of sulfonamides is 1. The van der Waals surface area contributed by atoms with Crippen LogP contribution in [0.2, 0.25) is 0 Å². The maximum atomic E-state index is 12.4. The van der Waals surface area contributed by atoms with E-state index in [9.17, 15) is 13.2 Å². The lowest BCUT2D eigenvalue weighted by Crippen LogP contribution is -2.40. The largest absolute Gasteiger partial charge is 0.345 e. The van der Waals surface area contributed by atoms with Crippen molar-refractivity contribution in [1.82, 2.24) is 9.62 Å². The molecule has 22 heavy (non-hydrogen) atoms. The number of nitrogens with two attached hydrogens (primary N) is 1. The van der Waals surface area contributed by atoms with Crippen LogP contribution in [0, 0.1) is 0 Å². The van der Waals surface area contributed by atoms with Gasteiger partial charge in [0, 0.05) is 32.2 Å². The summed E-state index contributed by atoms with van der Waals surface area (Å²) < 4.78 is 27.4. The van der Waals surface area contributed by atoms with E-state index in [1.54, 1.807) is 26.2 Å². The van der Waals surface area contributed by atoms with Gasteiger partial charge >= 0.3 is 0 Å². The fourth-order valence-electron chi connectivity index (χ4n) is 2.02. The van der Waals surface area contributed by atoms with Crippen LogP contribution >= 0.6 is 0 Å². The first kappa shape index (κ1) is 18.6. The average Bonchev–Trinajstić information content (AvgIpc) is 2.50. The molecule has 0 bridgehead atoms. The molecule has 0 heterocycles. The van der Waals surface area contributed by atoms with Gasteiger partial charge in [-0.3, -0.25) is 4.79 Å². The van der Waals surface area contributed by atoms with Crippen molar-refractivity contribution in [3.05, 3.63) is 29.8 Å². The summed E-state index contributed by atoms with van der Waals surface area (Å²) in [6, 6.07) is 5.73. The molecule has 0 aliphatic rings. The molecule has 0 saturated carbocycles. The van der Waals surface area contributed by atoms with Gasteiger partial charge in [-0.15, -0.1) is 0 Å². The van der Waals surface area contributed by atoms with Crippen molar-refractivity contribution in [1.29, 1.82) is 0 Å². The summed E-state index contributed by atoms with van der Waals surface area (Å²) in [6.07, 6.45) is 2.58. The lowest BCUT2D eigenvalue weighted by atomic mass is 10.1.